The first-order chi connectivity index (χ1) is 14.0. The molecule has 0 radical (unpaired) electrons. The van der Waals surface area contributed by atoms with E-state index in [9.17, 15) is 4.79 Å². The van der Waals surface area contributed by atoms with E-state index in [0.29, 0.717) is 37.0 Å². The summed E-state index contributed by atoms with van der Waals surface area (Å²) in [7, 11) is 3.86. The maximum absolute atomic E-state index is 12.6. The topological polar surface area (TPSA) is 94.4 Å². The molecule has 0 fully saturated rings. The van der Waals surface area contributed by atoms with Crippen molar-refractivity contribution in [2.45, 2.75) is 13.5 Å². The predicted molar refractivity (Wildman–Crippen MR) is 107 cm³/mol. The molecule has 0 bridgehead atoms. The molecule has 0 saturated heterocycles. The summed E-state index contributed by atoms with van der Waals surface area (Å²) in [6, 6.07) is 9.35. The molecular weight excluding hydrogens is 372 g/mol. The van der Waals surface area contributed by atoms with Gasteiger partial charge in [0, 0.05) is 32.9 Å². The average molecular weight is 394 g/mol. The second-order valence-electron chi connectivity index (χ2n) is 6.86. The number of nitrogens with zero attached hydrogens (tertiary/aromatic N) is 5. The summed E-state index contributed by atoms with van der Waals surface area (Å²) in [5, 5.41) is 11.1. The van der Waals surface area contributed by atoms with Gasteiger partial charge in [-0.25, -0.2) is 9.67 Å². The highest BCUT2D eigenvalue weighted by atomic mass is 16.6. The minimum atomic E-state index is -0.289. The molecule has 3 heterocycles. The number of anilines is 1. The van der Waals surface area contributed by atoms with Gasteiger partial charge in [0.25, 0.3) is 5.91 Å². The van der Waals surface area contributed by atoms with Crippen LogP contribution in [0.1, 0.15) is 21.7 Å². The molecule has 4 rings (SSSR count). The van der Waals surface area contributed by atoms with Crippen LogP contribution in [0, 0.1) is 6.92 Å². The summed E-state index contributed by atoms with van der Waals surface area (Å²) in [5.41, 5.74) is 2.57. The number of pyridine rings is 1. The number of benzene rings is 1. The molecule has 0 unspecified atom stereocenters. The van der Waals surface area contributed by atoms with Gasteiger partial charge >= 0.3 is 0 Å². The van der Waals surface area contributed by atoms with Crippen LogP contribution in [0.5, 0.6) is 11.5 Å². The van der Waals surface area contributed by atoms with E-state index < -0.39 is 0 Å². The molecule has 3 aromatic rings. The van der Waals surface area contributed by atoms with Gasteiger partial charge < -0.3 is 19.7 Å². The Balaban J connectivity index is 1.47. The molecule has 0 aliphatic carbocycles. The summed E-state index contributed by atoms with van der Waals surface area (Å²) in [6.45, 7) is 3.20. The van der Waals surface area contributed by atoms with Gasteiger partial charge in [0.05, 0.1) is 11.4 Å². The summed E-state index contributed by atoms with van der Waals surface area (Å²) < 4.78 is 12.8. The molecule has 1 N–H and O–H groups in total. The lowest BCUT2D eigenvalue weighted by atomic mass is 10.2. The van der Waals surface area contributed by atoms with Gasteiger partial charge in [-0.3, -0.25) is 4.79 Å². The number of hydrogen-bond donors (Lipinski definition) is 1. The second-order valence-corrected chi connectivity index (χ2v) is 6.86. The monoisotopic (exact) mass is 394 g/mol. The van der Waals surface area contributed by atoms with Crippen molar-refractivity contribution in [3.8, 4) is 17.2 Å². The number of nitrogens with one attached hydrogen (secondary N) is 1. The first-order valence-corrected chi connectivity index (χ1v) is 9.25. The largest absolute Gasteiger partial charge is 0.486 e. The minimum absolute atomic E-state index is 0.276. The number of hydrogen-bond acceptors (Lipinski definition) is 7. The van der Waals surface area contributed by atoms with Gasteiger partial charge in [-0.2, -0.15) is 0 Å². The van der Waals surface area contributed by atoms with E-state index >= 15 is 0 Å². The maximum atomic E-state index is 12.6. The molecule has 0 spiro atoms. The predicted octanol–water partition coefficient (Wildman–Crippen LogP) is 1.74. The lowest BCUT2D eigenvalue weighted by molar-refractivity contribution is 0.0945. The Hall–Kier alpha value is -3.62. The number of carbonyl (C=O) groups excluding carboxylic acids is 1. The zero-order valence-corrected chi connectivity index (χ0v) is 16.5. The number of carbonyl (C=O) groups is 1. The summed E-state index contributed by atoms with van der Waals surface area (Å²) in [5.74, 6) is 1.93. The third-order valence-electron chi connectivity index (χ3n) is 4.60. The van der Waals surface area contributed by atoms with Crippen molar-refractivity contribution >= 4 is 11.7 Å². The number of rotatable bonds is 5. The highest BCUT2D eigenvalue weighted by Crippen LogP contribution is 2.32. The van der Waals surface area contributed by atoms with Crippen molar-refractivity contribution in [1.82, 2.24) is 25.3 Å². The van der Waals surface area contributed by atoms with E-state index in [0.717, 1.165) is 17.1 Å². The van der Waals surface area contributed by atoms with Crippen molar-refractivity contribution in [3.63, 3.8) is 0 Å². The Kier molecular flexibility index (Phi) is 5.03. The van der Waals surface area contributed by atoms with Gasteiger partial charge in [-0.05, 0) is 30.7 Å². The van der Waals surface area contributed by atoms with Crippen LogP contribution in [0.15, 0.2) is 36.5 Å². The molecule has 1 amide bonds. The Labute approximate surface area is 168 Å². The fraction of sp³-hybridized carbons (Fsp3) is 0.300. The van der Waals surface area contributed by atoms with Crippen LogP contribution >= 0.6 is 0 Å². The zero-order chi connectivity index (χ0) is 20.4. The fourth-order valence-corrected chi connectivity index (χ4v) is 3.00. The zero-order valence-electron chi connectivity index (χ0n) is 16.5. The fourth-order valence-electron chi connectivity index (χ4n) is 3.00. The van der Waals surface area contributed by atoms with Crippen molar-refractivity contribution in [2.24, 2.45) is 0 Å². The smallest absolute Gasteiger partial charge is 0.274 e. The van der Waals surface area contributed by atoms with E-state index in [2.05, 4.69) is 20.6 Å². The standard InChI is InChI=1S/C20H22N6O3/c1-13-19(20(27)22-12-14-4-7-18(21-11-14)25(2)3)23-24-26(13)15-5-6-16-17(10-15)29-9-8-28-16/h4-7,10-11H,8-9,12H2,1-3H3,(H,22,27). The second kappa shape index (κ2) is 7.78. The Morgan fingerprint density at radius 3 is 2.69 bits per heavy atom. The lowest BCUT2D eigenvalue weighted by Gasteiger charge is -2.18. The molecule has 150 valence electrons. The number of amides is 1. The van der Waals surface area contributed by atoms with Crippen LogP contribution in [0.25, 0.3) is 5.69 Å². The molecule has 1 aliphatic rings. The van der Waals surface area contributed by atoms with Crippen LogP contribution in [0.2, 0.25) is 0 Å². The highest BCUT2D eigenvalue weighted by Gasteiger charge is 2.19. The van der Waals surface area contributed by atoms with Gasteiger partial charge in [-0.1, -0.05) is 11.3 Å². The maximum Gasteiger partial charge on any atom is 0.274 e. The molecule has 0 saturated carbocycles. The van der Waals surface area contributed by atoms with E-state index in [1.165, 1.54) is 0 Å². The van der Waals surface area contributed by atoms with Crippen LogP contribution in [0.3, 0.4) is 0 Å². The SMILES string of the molecule is Cc1c(C(=O)NCc2ccc(N(C)C)nc2)nnn1-c1ccc2c(c1)OCCO2. The van der Waals surface area contributed by atoms with Crippen molar-refractivity contribution in [3.05, 3.63) is 53.5 Å². The van der Waals surface area contributed by atoms with E-state index in [1.54, 1.807) is 17.8 Å². The quantitative estimate of drug-likeness (QED) is 0.704. The van der Waals surface area contributed by atoms with Crippen LogP contribution in [0.4, 0.5) is 5.82 Å². The number of aromatic nitrogens is 4. The normalized spacial score (nSPS) is 12.5. The van der Waals surface area contributed by atoms with E-state index in [1.807, 2.05) is 49.3 Å². The molecule has 9 heteroatoms. The third-order valence-corrected chi connectivity index (χ3v) is 4.60. The third kappa shape index (κ3) is 3.84. The Morgan fingerprint density at radius 1 is 1.17 bits per heavy atom. The Bertz CT molecular complexity index is 1030. The van der Waals surface area contributed by atoms with Crippen molar-refractivity contribution in [2.75, 3.05) is 32.2 Å². The van der Waals surface area contributed by atoms with Crippen LogP contribution in [-0.4, -0.2) is 53.2 Å². The molecular formula is C20H22N6O3. The first kappa shape index (κ1) is 18.7. The minimum Gasteiger partial charge on any atom is -0.486 e. The lowest BCUT2D eigenvalue weighted by Crippen LogP contribution is -2.24. The molecule has 1 aliphatic heterocycles. The van der Waals surface area contributed by atoms with Crippen LogP contribution in [-0.2, 0) is 6.54 Å². The van der Waals surface area contributed by atoms with Crippen molar-refractivity contribution < 1.29 is 14.3 Å². The molecule has 29 heavy (non-hydrogen) atoms. The molecule has 2 aromatic heterocycles. The van der Waals surface area contributed by atoms with Gasteiger partial charge in [0.1, 0.15) is 19.0 Å². The van der Waals surface area contributed by atoms with Gasteiger partial charge in [0.2, 0.25) is 0 Å². The van der Waals surface area contributed by atoms with Crippen LogP contribution < -0.4 is 19.7 Å². The molecule has 1 aromatic carbocycles. The Morgan fingerprint density at radius 2 is 1.97 bits per heavy atom. The van der Waals surface area contributed by atoms with Gasteiger partial charge in [-0.15, -0.1) is 5.10 Å². The molecule has 9 nitrogen and oxygen atoms in total. The highest BCUT2D eigenvalue weighted by molar-refractivity contribution is 5.93. The molecule has 0 atom stereocenters. The van der Waals surface area contributed by atoms with Gasteiger partial charge in [0.15, 0.2) is 17.2 Å². The average Bonchev–Trinajstić information content (AvgIpc) is 3.13. The van der Waals surface area contributed by atoms with E-state index in [-0.39, 0.29) is 11.6 Å². The summed E-state index contributed by atoms with van der Waals surface area (Å²) in [4.78, 5) is 18.9. The summed E-state index contributed by atoms with van der Waals surface area (Å²) in [6.07, 6.45) is 1.74. The number of fused-ring (bicyclic) bond motifs is 1. The number of ether oxygens (including phenoxy) is 2. The van der Waals surface area contributed by atoms with Crippen molar-refractivity contribution in [1.29, 1.82) is 0 Å². The summed E-state index contributed by atoms with van der Waals surface area (Å²) >= 11 is 0. The van der Waals surface area contributed by atoms with E-state index in [4.69, 9.17) is 9.47 Å². The first-order valence-electron chi connectivity index (χ1n) is 9.25.